The van der Waals surface area contributed by atoms with E-state index in [2.05, 4.69) is 0 Å². The summed E-state index contributed by atoms with van der Waals surface area (Å²) in [5, 5.41) is 11.4. The van der Waals surface area contributed by atoms with Crippen molar-refractivity contribution in [2.45, 2.75) is 32.5 Å². The number of hydrogen-bond acceptors (Lipinski definition) is 4. The summed E-state index contributed by atoms with van der Waals surface area (Å²) < 4.78 is 5.04. The fourth-order valence-electron chi connectivity index (χ4n) is 0.921. The van der Waals surface area contributed by atoms with Gasteiger partial charge in [-0.1, -0.05) is 6.07 Å². The van der Waals surface area contributed by atoms with Gasteiger partial charge in [0.15, 0.2) is 6.10 Å². The molecule has 0 saturated heterocycles. The monoisotopic (exact) mass is 214 g/mol. The Morgan fingerprint density at radius 1 is 1.57 bits per heavy atom. The lowest BCUT2D eigenvalue weighted by Gasteiger charge is -2.21. The van der Waals surface area contributed by atoms with Crippen LogP contribution in [0.3, 0.4) is 0 Å². The predicted octanol–water partition coefficient (Wildman–Crippen LogP) is 2.12. The van der Waals surface area contributed by atoms with E-state index in [9.17, 15) is 9.90 Å². The highest BCUT2D eigenvalue weighted by atomic mass is 32.1. The van der Waals surface area contributed by atoms with Crippen LogP contribution in [0, 0.1) is 0 Å². The van der Waals surface area contributed by atoms with Gasteiger partial charge >= 0.3 is 5.97 Å². The molecule has 1 rings (SSSR count). The van der Waals surface area contributed by atoms with Crippen molar-refractivity contribution in [1.82, 2.24) is 0 Å². The highest BCUT2D eigenvalue weighted by Crippen LogP contribution is 2.22. The second kappa shape index (κ2) is 4.11. The molecule has 0 fully saturated rings. The summed E-state index contributed by atoms with van der Waals surface area (Å²) in [7, 11) is 0. The van der Waals surface area contributed by atoms with Gasteiger partial charge in [-0.3, -0.25) is 0 Å². The maximum absolute atomic E-state index is 11.4. The normalized spacial score (nSPS) is 13.7. The van der Waals surface area contributed by atoms with Gasteiger partial charge in [0.1, 0.15) is 5.60 Å². The highest BCUT2D eigenvalue weighted by Gasteiger charge is 2.24. The molecule has 0 amide bonds. The number of hydrogen-bond donors (Lipinski definition) is 1. The molecule has 0 aliphatic carbocycles. The lowest BCUT2D eigenvalue weighted by atomic mass is 10.2. The van der Waals surface area contributed by atoms with E-state index in [0.717, 1.165) is 0 Å². The number of rotatable bonds is 2. The Kier molecular flexibility index (Phi) is 3.29. The average Bonchev–Trinajstić information content (AvgIpc) is 2.51. The molecule has 3 nitrogen and oxygen atoms in total. The van der Waals surface area contributed by atoms with Crippen LogP contribution in [0.25, 0.3) is 0 Å². The Morgan fingerprint density at radius 2 is 2.21 bits per heavy atom. The van der Waals surface area contributed by atoms with Crippen LogP contribution < -0.4 is 0 Å². The van der Waals surface area contributed by atoms with E-state index < -0.39 is 17.7 Å². The summed E-state index contributed by atoms with van der Waals surface area (Å²) in [5.41, 5.74) is -0.560. The van der Waals surface area contributed by atoms with Crippen molar-refractivity contribution in [3.8, 4) is 0 Å². The topological polar surface area (TPSA) is 46.5 Å². The first kappa shape index (κ1) is 11.2. The van der Waals surface area contributed by atoms with Gasteiger partial charge in [0, 0.05) is 4.88 Å². The summed E-state index contributed by atoms with van der Waals surface area (Å²) >= 11 is 1.33. The van der Waals surface area contributed by atoms with Crippen LogP contribution in [0.15, 0.2) is 17.5 Å². The van der Waals surface area contributed by atoms with Crippen LogP contribution in [-0.4, -0.2) is 16.7 Å². The molecular formula is C10H14O3S. The molecule has 1 aromatic heterocycles. The molecular weight excluding hydrogens is 200 g/mol. The largest absolute Gasteiger partial charge is 0.458 e. The molecule has 1 heterocycles. The maximum Gasteiger partial charge on any atom is 0.341 e. The molecule has 0 bridgehead atoms. The van der Waals surface area contributed by atoms with E-state index in [1.54, 1.807) is 32.9 Å². The van der Waals surface area contributed by atoms with Crippen molar-refractivity contribution >= 4 is 17.3 Å². The number of aliphatic hydroxyl groups is 1. The lowest BCUT2D eigenvalue weighted by molar-refractivity contribution is -0.165. The van der Waals surface area contributed by atoms with E-state index in [1.807, 2.05) is 5.38 Å². The zero-order valence-corrected chi connectivity index (χ0v) is 9.30. The SMILES string of the molecule is CC(C)(C)OC(=O)C(O)c1cccs1. The summed E-state index contributed by atoms with van der Waals surface area (Å²) in [6.07, 6.45) is -1.16. The third-order valence-corrected chi connectivity index (χ3v) is 2.37. The van der Waals surface area contributed by atoms with Crippen molar-refractivity contribution in [2.24, 2.45) is 0 Å². The second-order valence-corrected chi connectivity index (χ2v) is 4.93. The van der Waals surface area contributed by atoms with Crippen LogP contribution in [0.2, 0.25) is 0 Å². The molecule has 0 aliphatic heterocycles. The van der Waals surface area contributed by atoms with Gasteiger partial charge in [0.25, 0.3) is 0 Å². The van der Waals surface area contributed by atoms with Gasteiger partial charge in [-0.2, -0.15) is 0 Å². The number of aliphatic hydroxyl groups excluding tert-OH is 1. The van der Waals surface area contributed by atoms with E-state index in [0.29, 0.717) is 4.88 Å². The quantitative estimate of drug-likeness (QED) is 0.767. The van der Waals surface area contributed by atoms with Crippen LogP contribution in [-0.2, 0) is 9.53 Å². The molecule has 1 aromatic rings. The van der Waals surface area contributed by atoms with Crippen molar-refractivity contribution in [2.75, 3.05) is 0 Å². The average molecular weight is 214 g/mol. The standard InChI is InChI=1S/C10H14O3S/c1-10(2,3)13-9(12)8(11)7-5-4-6-14-7/h4-6,8,11H,1-3H3. The molecule has 0 aliphatic rings. The van der Waals surface area contributed by atoms with Gasteiger partial charge in [0.2, 0.25) is 0 Å². The van der Waals surface area contributed by atoms with Gasteiger partial charge in [-0.25, -0.2) is 4.79 Å². The third kappa shape index (κ3) is 3.12. The van der Waals surface area contributed by atoms with Gasteiger partial charge < -0.3 is 9.84 Å². The van der Waals surface area contributed by atoms with Crippen LogP contribution in [0.4, 0.5) is 0 Å². The molecule has 78 valence electrons. The molecule has 1 N–H and O–H groups in total. The van der Waals surface area contributed by atoms with Crippen molar-refractivity contribution in [3.63, 3.8) is 0 Å². The minimum absolute atomic E-state index is 0.560. The highest BCUT2D eigenvalue weighted by molar-refractivity contribution is 7.10. The molecule has 0 spiro atoms. The molecule has 14 heavy (non-hydrogen) atoms. The number of carbonyl (C=O) groups excluding carboxylic acids is 1. The molecule has 0 radical (unpaired) electrons. The Bertz CT molecular complexity index is 298. The molecule has 0 aromatic carbocycles. The zero-order valence-electron chi connectivity index (χ0n) is 8.48. The maximum atomic E-state index is 11.4. The van der Waals surface area contributed by atoms with Crippen molar-refractivity contribution < 1.29 is 14.6 Å². The lowest BCUT2D eigenvalue weighted by Crippen LogP contribution is -2.27. The van der Waals surface area contributed by atoms with E-state index in [-0.39, 0.29) is 0 Å². The van der Waals surface area contributed by atoms with Crippen LogP contribution in [0.5, 0.6) is 0 Å². The summed E-state index contributed by atoms with van der Waals surface area (Å²) in [6.45, 7) is 5.31. The fourth-order valence-corrected chi connectivity index (χ4v) is 1.62. The first-order valence-electron chi connectivity index (χ1n) is 4.34. The zero-order chi connectivity index (χ0) is 10.8. The van der Waals surface area contributed by atoms with Crippen LogP contribution in [0.1, 0.15) is 31.8 Å². The van der Waals surface area contributed by atoms with Crippen molar-refractivity contribution in [1.29, 1.82) is 0 Å². The Morgan fingerprint density at radius 3 is 2.64 bits per heavy atom. The Hall–Kier alpha value is -0.870. The summed E-state index contributed by atoms with van der Waals surface area (Å²) in [5.74, 6) is -0.597. The fraction of sp³-hybridized carbons (Fsp3) is 0.500. The van der Waals surface area contributed by atoms with Crippen molar-refractivity contribution in [3.05, 3.63) is 22.4 Å². The molecule has 1 unspecified atom stereocenters. The molecule has 0 saturated carbocycles. The van der Waals surface area contributed by atoms with Gasteiger partial charge in [-0.15, -0.1) is 11.3 Å². The number of carbonyl (C=O) groups is 1. The molecule has 4 heteroatoms. The number of esters is 1. The first-order chi connectivity index (χ1) is 6.40. The first-order valence-corrected chi connectivity index (χ1v) is 5.22. The van der Waals surface area contributed by atoms with Gasteiger partial charge in [0.05, 0.1) is 0 Å². The number of ether oxygens (including phenoxy) is 1. The van der Waals surface area contributed by atoms with Crippen LogP contribution >= 0.6 is 11.3 Å². The minimum Gasteiger partial charge on any atom is -0.458 e. The smallest absolute Gasteiger partial charge is 0.341 e. The van der Waals surface area contributed by atoms with Gasteiger partial charge in [-0.05, 0) is 32.2 Å². The number of thiophene rings is 1. The third-order valence-electron chi connectivity index (χ3n) is 1.44. The van der Waals surface area contributed by atoms with E-state index >= 15 is 0 Å². The molecule has 1 atom stereocenters. The van der Waals surface area contributed by atoms with E-state index in [1.165, 1.54) is 11.3 Å². The Balaban J connectivity index is 2.63. The minimum atomic E-state index is -1.16. The predicted molar refractivity (Wildman–Crippen MR) is 55.1 cm³/mol. The summed E-state index contributed by atoms with van der Waals surface area (Å²) in [6, 6.07) is 3.49. The summed E-state index contributed by atoms with van der Waals surface area (Å²) in [4.78, 5) is 12.0. The second-order valence-electron chi connectivity index (χ2n) is 3.95. The van der Waals surface area contributed by atoms with E-state index in [4.69, 9.17) is 4.74 Å². The Labute approximate surface area is 87.3 Å².